The van der Waals surface area contributed by atoms with Gasteiger partial charge in [0.05, 0.1) is 0 Å². The van der Waals surface area contributed by atoms with Crippen LogP contribution in [-0.2, 0) is 12.8 Å². The lowest BCUT2D eigenvalue weighted by Crippen LogP contribution is -2.27. The quantitative estimate of drug-likeness (QED) is 0.856. The Balaban J connectivity index is 1.82. The van der Waals surface area contributed by atoms with Crippen LogP contribution in [0.1, 0.15) is 48.0 Å². The van der Waals surface area contributed by atoms with E-state index in [4.69, 9.17) is 0 Å². The van der Waals surface area contributed by atoms with Crippen LogP contribution in [0.2, 0.25) is 0 Å². The van der Waals surface area contributed by atoms with Gasteiger partial charge in [0, 0.05) is 16.5 Å². The molecule has 1 aliphatic carbocycles. The van der Waals surface area contributed by atoms with Crippen molar-refractivity contribution in [2.45, 2.75) is 44.4 Å². The smallest absolute Gasteiger partial charge is 0.216 e. The number of thiazole rings is 1. The zero-order valence-electron chi connectivity index (χ0n) is 10.5. The third kappa shape index (κ3) is 1.61. The second kappa shape index (κ2) is 4.31. The van der Waals surface area contributed by atoms with Crippen molar-refractivity contribution >= 4 is 16.3 Å². The fraction of sp³-hybridized carbons (Fsp3) is 0.692. The summed E-state index contributed by atoms with van der Waals surface area (Å²) < 4.78 is 2.38. The molecule has 0 bridgehead atoms. The summed E-state index contributed by atoms with van der Waals surface area (Å²) in [4.78, 5) is 2.68. The monoisotopic (exact) mass is 262 g/mol. The lowest BCUT2D eigenvalue weighted by atomic mass is 9.97. The number of hydrogen-bond acceptors (Lipinski definition) is 4. The fourth-order valence-corrected chi connectivity index (χ4v) is 4.42. The van der Waals surface area contributed by atoms with Gasteiger partial charge in [-0.15, -0.1) is 10.2 Å². The Kier molecular flexibility index (Phi) is 2.62. The number of piperidine rings is 1. The summed E-state index contributed by atoms with van der Waals surface area (Å²) in [5, 5.41) is 12.3. The topological polar surface area (TPSA) is 42.2 Å². The second-order valence-electron chi connectivity index (χ2n) is 5.38. The molecule has 4 nitrogen and oxygen atoms in total. The third-order valence-electron chi connectivity index (χ3n) is 4.24. The summed E-state index contributed by atoms with van der Waals surface area (Å²) in [7, 11) is 0. The van der Waals surface area contributed by atoms with Gasteiger partial charge >= 0.3 is 0 Å². The van der Waals surface area contributed by atoms with Crippen molar-refractivity contribution in [1.29, 1.82) is 0 Å². The van der Waals surface area contributed by atoms with Crippen LogP contribution in [0.25, 0.3) is 4.96 Å². The van der Waals surface area contributed by atoms with Crippen LogP contribution in [-0.4, -0.2) is 27.7 Å². The van der Waals surface area contributed by atoms with E-state index < -0.39 is 0 Å². The van der Waals surface area contributed by atoms with Gasteiger partial charge in [0.1, 0.15) is 5.82 Å². The van der Waals surface area contributed by atoms with Crippen molar-refractivity contribution in [3.8, 4) is 0 Å². The Bertz CT molecular complexity index is 565. The number of rotatable bonds is 1. The molecule has 0 unspecified atom stereocenters. The van der Waals surface area contributed by atoms with Crippen LogP contribution in [0.4, 0.5) is 0 Å². The van der Waals surface area contributed by atoms with Crippen molar-refractivity contribution in [3.63, 3.8) is 0 Å². The van der Waals surface area contributed by atoms with Gasteiger partial charge in [-0.3, -0.25) is 4.40 Å². The van der Waals surface area contributed by atoms with Crippen LogP contribution in [0.3, 0.4) is 0 Å². The number of aromatic nitrogens is 3. The lowest BCUT2D eigenvalue weighted by Gasteiger charge is -2.21. The van der Waals surface area contributed by atoms with Crippen LogP contribution in [0, 0.1) is 0 Å². The molecular weight excluding hydrogens is 244 g/mol. The first-order valence-corrected chi connectivity index (χ1v) is 7.81. The van der Waals surface area contributed by atoms with Gasteiger partial charge < -0.3 is 5.32 Å². The first-order chi connectivity index (χ1) is 8.93. The van der Waals surface area contributed by atoms with E-state index in [1.807, 2.05) is 11.3 Å². The highest BCUT2D eigenvalue weighted by Crippen LogP contribution is 2.33. The molecule has 0 spiro atoms. The summed E-state index contributed by atoms with van der Waals surface area (Å²) in [6.07, 6.45) is 7.52. The highest BCUT2D eigenvalue weighted by atomic mass is 32.1. The molecule has 4 rings (SSSR count). The molecule has 0 aromatic carbocycles. The predicted octanol–water partition coefficient (Wildman–Crippen LogP) is 2.14. The van der Waals surface area contributed by atoms with Gasteiger partial charge in [-0.2, -0.15) is 0 Å². The van der Waals surface area contributed by atoms with Crippen molar-refractivity contribution in [2.24, 2.45) is 0 Å². The Hall–Kier alpha value is -0.940. The van der Waals surface area contributed by atoms with Crippen LogP contribution in [0.5, 0.6) is 0 Å². The molecule has 1 saturated heterocycles. The van der Waals surface area contributed by atoms with Crippen LogP contribution < -0.4 is 5.32 Å². The standard InChI is InChI=1S/C13H18N4S/c1-2-4-11-10(3-1)17-12(15-16-13(17)18-11)9-5-7-14-8-6-9/h9,14H,1-8H2. The first kappa shape index (κ1) is 10.9. The number of aryl methyl sites for hydroxylation is 2. The van der Waals surface area contributed by atoms with Gasteiger partial charge in [-0.25, -0.2) is 0 Å². The minimum absolute atomic E-state index is 0.599. The maximum atomic E-state index is 4.48. The molecule has 1 aliphatic heterocycles. The van der Waals surface area contributed by atoms with Gasteiger partial charge in [0.25, 0.3) is 0 Å². The molecule has 0 radical (unpaired) electrons. The Morgan fingerprint density at radius 2 is 1.94 bits per heavy atom. The molecular formula is C13H18N4S. The van der Waals surface area contributed by atoms with Gasteiger partial charge in [0.15, 0.2) is 0 Å². The fourth-order valence-electron chi connectivity index (χ4n) is 3.26. The molecule has 2 aromatic rings. The second-order valence-corrected chi connectivity index (χ2v) is 6.44. The van der Waals surface area contributed by atoms with Crippen molar-refractivity contribution in [1.82, 2.24) is 19.9 Å². The minimum atomic E-state index is 0.599. The van der Waals surface area contributed by atoms with Crippen molar-refractivity contribution in [2.75, 3.05) is 13.1 Å². The van der Waals surface area contributed by atoms with E-state index in [-0.39, 0.29) is 0 Å². The Morgan fingerprint density at radius 3 is 2.83 bits per heavy atom. The number of fused-ring (bicyclic) bond motifs is 3. The molecule has 2 aliphatic rings. The molecule has 96 valence electrons. The summed E-state index contributed by atoms with van der Waals surface area (Å²) in [6.45, 7) is 2.23. The number of hydrogen-bond donors (Lipinski definition) is 1. The molecule has 0 saturated carbocycles. The molecule has 1 fully saturated rings. The van der Waals surface area contributed by atoms with E-state index in [1.54, 1.807) is 4.88 Å². The van der Waals surface area contributed by atoms with Gasteiger partial charge in [-0.1, -0.05) is 11.3 Å². The zero-order chi connectivity index (χ0) is 11.9. The van der Waals surface area contributed by atoms with Gasteiger partial charge in [-0.05, 0) is 51.6 Å². The predicted molar refractivity (Wildman–Crippen MR) is 72.4 cm³/mol. The number of nitrogens with zero attached hydrogens (tertiary/aromatic N) is 3. The molecule has 0 atom stereocenters. The lowest BCUT2D eigenvalue weighted by molar-refractivity contribution is 0.441. The van der Waals surface area contributed by atoms with E-state index in [0.717, 1.165) is 18.1 Å². The van der Waals surface area contributed by atoms with Crippen LogP contribution >= 0.6 is 11.3 Å². The average Bonchev–Trinajstić information content (AvgIpc) is 2.98. The maximum absolute atomic E-state index is 4.48. The summed E-state index contributed by atoms with van der Waals surface area (Å²) in [5.74, 6) is 1.83. The molecule has 2 aromatic heterocycles. The third-order valence-corrected chi connectivity index (χ3v) is 5.37. The molecule has 5 heteroatoms. The molecule has 0 amide bonds. The van der Waals surface area contributed by atoms with E-state index in [2.05, 4.69) is 19.9 Å². The van der Waals surface area contributed by atoms with E-state index in [9.17, 15) is 0 Å². The Labute approximate surface area is 110 Å². The van der Waals surface area contributed by atoms with E-state index >= 15 is 0 Å². The van der Waals surface area contributed by atoms with E-state index in [1.165, 1.54) is 50.0 Å². The largest absolute Gasteiger partial charge is 0.317 e. The summed E-state index contributed by atoms with van der Waals surface area (Å²) in [6, 6.07) is 0. The Morgan fingerprint density at radius 1 is 1.11 bits per heavy atom. The SMILES string of the molecule is C1CCc2c(sc3nnc(C4CCNCC4)n23)C1. The van der Waals surface area contributed by atoms with Crippen molar-refractivity contribution in [3.05, 3.63) is 16.4 Å². The molecule has 1 N–H and O–H groups in total. The zero-order valence-corrected chi connectivity index (χ0v) is 11.3. The maximum Gasteiger partial charge on any atom is 0.216 e. The van der Waals surface area contributed by atoms with E-state index in [0.29, 0.717) is 5.92 Å². The van der Waals surface area contributed by atoms with Crippen molar-refractivity contribution < 1.29 is 0 Å². The van der Waals surface area contributed by atoms with Gasteiger partial charge in [0.2, 0.25) is 4.96 Å². The minimum Gasteiger partial charge on any atom is -0.317 e. The summed E-state index contributed by atoms with van der Waals surface area (Å²) in [5.41, 5.74) is 1.51. The molecule has 18 heavy (non-hydrogen) atoms. The van der Waals surface area contributed by atoms with Crippen LogP contribution in [0.15, 0.2) is 0 Å². The highest BCUT2D eigenvalue weighted by Gasteiger charge is 2.25. The normalized spacial score (nSPS) is 21.3. The first-order valence-electron chi connectivity index (χ1n) is 7.00. The molecule has 3 heterocycles. The highest BCUT2D eigenvalue weighted by molar-refractivity contribution is 7.17. The average molecular weight is 262 g/mol. The summed E-state index contributed by atoms with van der Waals surface area (Å²) >= 11 is 1.86. The number of nitrogens with one attached hydrogen (secondary N) is 1.